The third-order valence-corrected chi connectivity index (χ3v) is 1.17. The van der Waals surface area contributed by atoms with Crippen LogP contribution in [0, 0.1) is 0 Å². The van der Waals surface area contributed by atoms with Crippen molar-refractivity contribution in [3.05, 3.63) is 0 Å². The predicted molar refractivity (Wildman–Crippen MR) is 25.5 cm³/mol. The van der Waals surface area contributed by atoms with Crippen molar-refractivity contribution >= 4 is 10.1 Å². The van der Waals surface area contributed by atoms with Crippen LogP contribution >= 0.6 is 0 Å². The van der Waals surface area contributed by atoms with E-state index < -0.39 is 15.9 Å². The number of hydrogen-bond acceptors (Lipinski definition) is 3. The molecule has 0 unspecified atom stereocenters. The van der Waals surface area contributed by atoms with Crippen molar-refractivity contribution in [2.24, 2.45) is 0 Å². The zero-order valence-electron chi connectivity index (χ0n) is 3.96. The highest BCUT2D eigenvalue weighted by molar-refractivity contribution is 7.85. The van der Waals surface area contributed by atoms with E-state index in [4.69, 9.17) is 4.55 Å². The van der Waals surface area contributed by atoms with Gasteiger partial charge < -0.3 is 0 Å². The van der Waals surface area contributed by atoms with Crippen molar-refractivity contribution in [1.29, 1.82) is 0 Å². The van der Waals surface area contributed by atoms with E-state index >= 15 is 0 Å². The van der Waals surface area contributed by atoms with Crippen molar-refractivity contribution in [3.8, 4) is 0 Å². The molecule has 2 N–H and O–H groups in total. The number of nitrogens with one attached hydrogen (secondary N) is 1. The lowest BCUT2D eigenvalue weighted by molar-refractivity contribution is 0.344. The first-order chi connectivity index (χ1) is 3.56. The minimum atomic E-state index is -3.99. The van der Waals surface area contributed by atoms with Crippen LogP contribution in [-0.4, -0.2) is 25.3 Å². The maximum Gasteiger partial charge on any atom is 0.266 e. The van der Waals surface area contributed by atoms with E-state index in [9.17, 15) is 12.9 Å². The van der Waals surface area contributed by atoms with Gasteiger partial charge in [-0.05, 0) is 0 Å². The molecule has 6 heteroatoms. The Morgan fingerprint density at radius 2 is 2.12 bits per heavy atom. The Balaban J connectivity index is 3.42. The van der Waals surface area contributed by atoms with Gasteiger partial charge in [0.05, 0.1) is 5.75 Å². The van der Waals surface area contributed by atoms with E-state index in [2.05, 4.69) is 0 Å². The Morgan fingerprint density at radius 1 is 1.62 bits per heavy atom. The first kappa shape index (κ1) is 7.80. The van der Waals surface area contributed by atoms with E-state index in [1.165, 1.54) is 0 Å². The average molecular weight is 143 g/mol. The van der Waals surface area contributed by atoms with Crippen molar-refractivity contribution in [1.82, 2.24) is 5.54 Å². The number of rotatable bonds is 3. The molecular formula is C2H6FNO3S. The Hall–Kier alpha value is -0.200. The first-order valence-electron chi connectivity index (χ1n) is 1.85. The second-order valence-corrected chi connectivity index (χ2v) is 2.74. The van der Waals surface area contributed by atoms with Crippen molar-refractivity contribution in [3.63, 3.8) is 0 Å². The van der Waals surface area contributed by atoms with Gasteiger partial charge in [0, 0.05) is 6.54 Å². The Labute approximate surface area is 46.4 Å². The fraction of sp³-hybridized carbons (Fsp3) is 1.00. The maximum atomic E-state index is 10.9. The predicted octanol–water partition coefficient (Wildman–Crippen LogP) is -0.652. The molecule has 0 aromatic carbocycles. The number of hydrogen-bond donors (Lipinski definition) is 2. The largest absolute Gasteiger partial charge is 0.286 e. The molecular weight excluding hydrogens is 137 g/mol. The summed E-state index contributed by atoms with van der Waals surface area (Å²) < 4.78 is 38.3. The quantitative estimate of drug-likeness (QED) is 0.407. The van der Waals surface area contributed by atoms with Crippen LogP contribution in [0.1, 0.15) is 0 Å². The molecule has 0 bridgehead atoms. The van der Waals surface area contributed by atoms with Gasteiger partial charge in [-0.15, -0.1) is 4.48 Å². The Kier molecular flexibility index (Phi) is 2.88. The minimum Gasteiger partial charge on any atom is -0.286 e. The number of halogens is 1. The van der Waals surface area contributed by atoms with Crippen molar-refractivity contribution in [2.75, 3.05) is 12.3 Å². The molecule has 0 aromatic heterocycles. The van der Waals surface area contributed by atoms with Gasteiger partial charge in [-0.3, -0.25) is 4.55 Å². The summed E-state index contributed by atoms with van der Waals surface area (Å²) in [6, 6.07) is 0. The van der Waals surface area contributed by atoms with Gasteiger partial charge >= 0.3 is 0 Å². The molecule has 0 saturated carbocycles. The normalized spacial score (nSPS) is 11.8. The van der Waals surface area contributed by atoms with E-state index in [-0.39, 0.29) is 6.54 Å². The third-order valence-electron chi connectivity index (χ3n) is 0.455. The molecule has 0 atom stereocenters. The highest BCUT2D eigenvalue weighted by Gasteiger charge is 2.01. The third kappa shape index (κ3) is 5.80. The van der Waals surface area contributed by atoms with Crippen molar-refractivity contribution in [2.45, 2.75) is 0 Å². The van der Waals surface area contributed by atoms with E-state index in [1.54, 1.807) is 0 Å². The molecule has 50 valence electrons. The molecule has 4 nitrogen and oxygen atoms in total. The van der Waals surface area contributed by atoms with Crippen LogP contribution in [0.4, 0.5) is 4.48 Å². The van der Waals surface area contributed by atoms with Gasteiger partial charge in [-0.2, -0.15) is 14.0 Å². The SMILES string of the molecule is O=S(=O)(O)CCNF. The van der Waals surface area contributed by atoms with Crippen LogP contribution in [0.5, 0.6) is 0 Å². The lowest BCUT2D eigenvalue weighted by Gasteiger charge is -1.89. The fourth-order valence-corrected chi connectivity index (χ4v) is 0.503. The second kappa shape index (κ2) is 2.95. The van der Waals surface area contributed by atoms with Gasteiger partial charge in [0.1, 0.15) is 0 Å². The van der Waals surface area contributed by atoms with Gasteiger partial charge in [-0.1, -0.05) is 0 Å². The minimum absolute atomic E-state index is 0.376. The van der Waals surface area contributed by atoms with Gasteiger partial charge in [0.15, 0.2) is 0 Å². The summed E-state index contributed by atoms with van der Waals surface area (Å²) in [5.41, 5.74) is 1.09. The van der Waals surface area contributed by atoms with Crippen LogP contribution in [0.25, 0.3) is 0 Å². The molecule has 0 aliphatic rings. The molecule has 0 spiro atoms. The lowest BCUT2D eigenvalue weighted by atomic mass is 10.8. The molecule has 0 amide bonds. The summed E-state index contributed by atoms with van der Waals surface area (Å²) >= 11 is 0. The van der Waals surface area contributed by atoms with Gasteiger partial charge in [0.25, 0.3) is 10.1 Å². The van der Waals surface area contributed by atoms with E-state index in [0.717, 1.165) is 5.54 Å². The fourth-order valence-electron chi connectivity index (χ4n) is 0.168. The topological polar surface area (TPSA) is 66.4 Å². The van der Waals surface area contributed by atoms with Crippen molar-refractivity contribution < 1.29 is 17.5 Å². The summed E-state index contributed by atoms with van der Waals surface area (Å²) in [5.74, 6) is -0.594. The van der Waals surface area contributed by atoms with Crippen LogP contribution in [0.15, 0.2) is 0 Å². The molecule has 0 fully saturated rings. The summed E-state index contributed by atoms with van der Waals surface area (Å²) in [6.45, 7) is -0.376. The molecule has 0 heterocycles. The molecule has 0 aromatic rings. The van der Waals surface area contributed by atoms with Crippen LogP contribution in [0.3, 0.4) is 0 Å². The molecule has 0 saturated heterocycles. The molecule has 0 radical (unpaired) electrons. The summed E-state index contributed by atoms with van der Waals surface area (Å²) in [5, 5.41) is 0. The van der Waals surface area contributed by atoms with Gasteiger partial charge in [-0.25, -0.2) is 0 Å². The second-order valence-electron chi connectivity index (χ2n) is 1.17. The zero-order chi connectivity index (χ0) is 6.62. The van der Waals surface area contributed by atoms with Crippen LogP contribution < -0.4 is 5.54 Å². The van der Waals surface area contributed by atoms with E-state index in [1.807, 2.05) is 0 Å². The van der Waals surface area contributed by atoms with E-state index in [0.29, 0.717) is 0 Å². The summed E-state index contributed by atoms with van der Waals surface area (Å²) in [7, 11) is -3.99. The average Bonchev–Trinajstić information content (AvgIpc) is 1.59. The van der Waals surface area contributed by atoms with Crippen LogP contribution in [0.2, 0.25) is 0 Å². The summed E-state index contributed by atoms with van der Waals surface area (Å²) in [4.78, 5) is 0. The van der Waals surface area contributed by atoms with Gasteiger partial charge in [0.2, 0.25) is 0 Å². The monoisotopic (exact) mass is 143 g/mol. The zero-order valence-corrected chi connectivity index (χ0v) is 4.78. The summed E-state index contributed by atoms with van der Waals surface area (Å²) in [6.07, 6.45) is 0. The Bertz CT molecular complexity index is 141. The molecule has 0 aliphatic carbocycles. The lowest BCUT2D eigenvalue weighted by Crippen LogP contribution is -2.15. The molecule has 0 aliphatic heterocycles. The first-order valence-corrected chi connectivity index (χ1v) is 3.46. The smallest absolute Gasteiger partial charge is 0.266 e. The van der Waals surface area contributed by atoms with Crippen LogP contribution in [-0.2, 0) is 10.1 Å². The highest BCUT2D eigenvalue weighted by atomic mass is 32.2. The maximum absolute atomic E-state index is 10.9. The molecule has 0 rings (SSSR count). The molecule has 8 heavy (non-hydrogen) atoms. The Morgan fingerprint density at radius 3 is 2.25 bits per heavy atom. The highest BCUT2D eigenvalue weighted by Crippen LogP contribution is 1.77. The standard InChI is InChI=1S/C2H6FNO3S/c3-4-1-2-8(5,6)7/h4H,1-2H2,(H,5,6,7).